The third-order valence-corrected chi connectivity index (χ3v) is 3.60. The Hall–Kier alpha value is -2.43. The molecule has 0 spiro atoms. The number of hydrogen-bond acceptors (Lipinski definition) is 3. The minimum Gasteiger partial charge on any atom is -0.352 e. The molecule has 108 valence electrons. The number of rotatable bonds is 5. The van der Waals surface area contributed by atoms with E-state index in [2.05, 4.69) is 27.6 Å². The average Bonchev–Trinajstić information content (AvgIpc) is 3.19. The van der Waals surface area contributed by atoms with Crippen LogP contribution in [0.5, 0.6) is 0 Å². The molecule has 0 fully saturated rings. The van der Waals surface area contributed by atoms with Crippen LogP contribution in [0.15, 0.2) is 48.9 Å². The van der Waals surface area contributed by atoms with Gasteiger partial charge >= 0.3 is 0 Å². The fourth-order valence-corrected chi connectivity index (χ4v) is 2.48. The van der Waals surface area contributed by atoms with Crippen molar-refractivity contribution in [2.24, 2.45) is 5.92 Å². The van der Waals surface area contributed by atoms with Crippen molar-refractivity contribution in [3.8, 4) is 5.82 Å². The van der Waals surface area contributed by atoms with E-state index in [-0.39, 0.29) is 5.91 Å². The molecule has 1 amide bonds. The van der Waals surface area contributed by atoms with Crippen LogP contribution in [0, 0.1) is 5.92 Å². The summed E-state index contributed by atoms with van der Waals surface area (Å²) in [5.41, 5.74) is 1.02. The fraction of sp³-hybridized carbons (Fsp3) is 0.312. The largest absolute Gasteiger partial charge is 0.352 e. The van der Waals surface area contributed by atoms with Crippen molar-refractivity contribution in [1.29, 1.82) is 0 Å². The van der Waals surface area contributed by atoms with E-state index >= 15 is 0 Å². The summed E-state index contributed by atoms with van der Waals surface area (Å²) in [6.45, 7) is 0.520. The van der Waals surface area contributed by atoms with Gasteiger partial charge in [-0.3, -0.25) is 4.79 Å². The third kappa shape index (κ3) is 3.56. The Labute approximate surface area is 123 Å². The van der Waals surface area contributed by atoms with Crippen molar-refractivity contribution < 1.29 is 4.79 Å². The molecule has 0 saturated carbocycles. The summed E-state index contributed by atoms with van der Waals surface area (Å²) in [6, 6.07) is 5.69. The normalized spacial score (nSPS) is 17.0. The summed E-state index contributed by atoms with van der Waals surface area (Å²) in [5, 5.41) is 7.12. The number of carbonyl (C=O) groups excluding carboxylic acids is 1. The molecule has 2 aromatic rings. The number of hydrogen-bond donors (Lipinski definition) is 1. The van der Waals surface area contributed by atoms with Crippen molar-refractivity contribution in [3.63, 3.8) is 0 Å². The zero-order chi connectivity index (χ0) is 14.5. The molecule has 2 heterocycles. The van der Waals surface area contributed by atoms with E-state index < -0.39 is 0 Å². The SMILES string of the molecule is O=C(C[C@@H]1C=CCC1)NCc1ccnc(-n2cccn2)c1. The Balaban J connectivity index is 1.56. The standard InChI is InChI=1S/C16H18N4O/c21-16(11-13-4-1-2-5-13)18-12-14-6-8-17-15(10-14)20-9-3-7-19-20/h1,3-4,6-10,13H,2,5,11-12H2,(H,18,21)/t13-/m1/s1. The van der Waals surface area contributed by atoms with Crippen LogP contribution in [0.25, 0.3) is 5.82 Å². The highest BCUT2D eigenvalue weighted by Gasteiger charge is 2.13. The second-order valence-corrected chi connectivity index (χ2v) is 5.22. The van der Waals surface area contributed by atoms with E-state index in [1.54, 1.807) is 17.1 Å². The van der Waals surface area contributed by atoms with Gasteiger partial charge in [-0.05, 0) is 42.5 Å². The smallest absolute Gasteiger partial charge is 0.220 e. The molecule has 5 heteroatoms. The lowest BCUT2D eigenvalue weighted by Crippen LogP contribution is -2.24. The van der Waals surface area contributed by atoms with E-state index in [1.807, 2.05) is 24.4 Å². The van der Waals surface area contributed by atoms with Crippen molar-refractivity contribution in [2.75, 3.05) is 0 Å². The lowest BCUT2D eigenvalue weighted by atomic mass is 10.1. The Morgan fingerprint density at radius 2 is 2.38 bits per heavy atom. The molecule has 0 saturated heterocycles. The van der Waals surface area contributed by atoms with Crippen LogP contribution in [-0.4, -0.2) is 20.7 Å². The molecule has 0 aliphatic heterocycles. The first-order valence-electron chi connectivity index (χ1n) is 7.19. The maximum Gasteiger partial charge on any atom is 0.220 e. The summed E-state index contributed by atoms with van der Waals surface area (Å²) >= 11 is 0. The number of nitrogens with one attached hydrogen (secondary N) is 1. The second-order valence-electron chi connectivity index (χ2n) is 5.22. The minimum absolute atomic E-state index is 0.101. The predicted molar refractivity (Wildman–Crippen MR) is 79.7 cm³/mol. The maximum atomic E-state index is 11.9. The molecule has 21 heavy (non-hydrogen) atoms. The van der Waals surface area contributed by atoms with E-state index in [0.717, 1.165) is 24.2 Å². The van der Waals surface area contributed by atoms with Crippen LogP contribution in [-0.2, 0) is 11.3 Å². The van der Waals surface area contributed by atoms with Crippen molar-refractivity contribution in [3.05, 3.63) is 54.5 Å². The molecular formula is C16H18N4O. The molecule has 5 nitrogen and oxygen atoms in total. The van der Waals surface area contributed by atoms with Crippen LogP contribution < -0.4 is 5.32 Å². The number of nitrogens with zero attached hydrogens (tertiary/aromatic N) is 3. The molecule has 1 aliphatic rings. The van der Waals surface area contributed by atoms with Gasteiger partial charge in [0.15, 0.2) is 5.82 Å². The number of allylic oxidation sites excluding steroid dienone is 2. The number of amides is 1. The molecule has 3 rings (SSSR count). The Bertz CT molecular complexity index is 633. The van der Waals surface area contributed by atoms with Gasteiger partial charge < -0.3 is 5.32 Å². The average molecular weight is 282 g/mol. The molecule has 1 atom stereocenters. The zero-order valence-electron chi connectivity index (χ0n) is 11.8. The summed E-state index contributed by atoms with van der Waals surface area (Å²) in [7, 11) is 0. The molecule has 0 unspecified atom stereocenters. The number of aromatic nitrogens is 3. The fourth-order valence-electron chi connectivity index (χ4n) is 2.48. The molecule has 0 radical (unpaired) electrons. The van der Waals surface area contributed by atoms with E-state index in [4.69, 9.17) is 0 Å². The van der Waals surface area contributed by atoms with Gasteiger partial charge in [0.05, 0.1) is 0 Å². The monoisotopic (exact) mass is 282 g/mol. The van der Waals surface area contributed by atoms with E-state index in [0.29, 0.717) is 18.9 Å². The van der Waals surface area contributed by atoms with Gasteiger partial charge in [-0.2, -0.15) is 5.10 Å². The Kier molecular flexibility index (Phi) is 4.09. The topological polar surface area (TPSA) is 59.8 Å². The summed E-state index contributed by atoms with van der Waals surface area (Å²) < 4.78 is 1.70. The summed E-state index contributed by atoms with van der Waals surface area (Å²) in [5.74, 6) is 1.26. The Morgan fingerprint density at radius 1 is 1.43 bits per heavy atom. The first-order valence-corrected chi connectivity index (χ1v) is 7.19. The summed E-state index contributed by atoms with van der Waals surface area (Å²) in [6.07, 6.45) is 12.3. The first-order chi connectivity index (χ1) is 10.3. The lowest BCUT2D eigenvalue weighted by molar-refractivity contribution is -0.121. The van der Waals surface area contributed by atoms with Crippen LogP contribution in [0.1, 0.15) is 24.8 Å². The Morgan fingerprint density at radius 3 is 3.14 bits per heavy atom. The van der Waals surface area contributed by atoms with Crippen LogP contribution in [0.3, 0.4) is 0 Å². The van der Waals surface area contributed by atoms with Gasteiger partial charge in [0.2, 0.25) is 5.91 Å². The highest BCUT2D eigenvalue weighted by molar-refractivity contribution is 5.76. The second kappa shape index (κ2) is 6.35. The van der Waals surface area contributed by atoms with Gasteiger partial charge in [-0.15, -0.1) is 0 Å². The molecule has 2 aromatic heterocycles. The first kappa shape index (κ1) is 13.5. The van der Waals surface area contributed by atoms with Crippen LogP contribution in [0.2, 0.25) is 0 Å². The quantitative estimate of drug-likeness (QED) is 0.856. The summed E-state index contributed by atoms with van der Waals surface area (Å²) in [4.78, 5) is 16.2. The van der Waals surface area contributed by atoms with Crippen molar-refractivity contribution >= 4 is 5.91 Å². The highest BCUT2D eigenvalue weighted by atomic mass is 16.1. The number of pyridine rings is 1. The molecule has 0 aromatic carbocycles. The lowest BCUT2D eigenvalue weighted by Gasteiger charge is -2.09. The van der Waals surface area contributed by atoms with Gasteiger partial charge in [-0.25, -0.2) is 9.67 Å². The van der Waals surface area contributed by atoms with Crippen LogP contribution in [0.4, 0.5) is 0 Å². The van der Waals surface area contributed by atoms with Gasteiger partial charge in [-0.1, -0.05) is 12.2 Å². The molecule has 1 N–H and O–H groups in total. The van der Waals surface area contributed by atoms with Gasteiger partial charge in [0.1, 0.15) is 0 Å². The molecule has 0 bridgehead atoms. The van der Waals surface area contributed by atoms with Crippen molar-refractivity contribution in [1.82, 2.24) is 20.1 Å². The van der Waals surface area contributed by atoms with Crippen molar-refractivity contribution in [2.45, 2.75) is 25.8 Å². The van der Waals surface area contributed by atoms with E-state index in [1.165, 1.54) is 0 Å². The van der Waals surface area contributed by atoms with Crippen LogP contribution >= 0.6 is 0 Å². The molecule has 1 aliphatic carbocycles. The molecular weight excluding hydrogens is 264 g/mol. The van der Waals surface area contributed by atoms with Gasteiger partial charge in [0.25, 0.3) is 0 Å². The third-order valence-electron chi connectivity index (χ3n) is 3.60. The predicted octanol–water partition coefficient (Wildman–Crippen LogP) is 2.24. The maximum absolute atomic E-state index is 11.9. The number of carbonyl (C=O) groups is 1. The zero-order valence-corrected chi connectivity index (χ0v) is 11.8. The van der Waals surface area contributed by atoms with Gasteiger partial charge in [0, 0.05) is 31.6 Å². The minimum atomic E-state index is 0.101. The highest BCUT2D eigenvalue weighted by Crippen LogP contribution is 2.20. The van der Waals surface area contributed by atoms with E-state index in [9.17, 15) is 4.79 Å².